The number of carbonyl (C=O) groups is 2. The van der Waals surface area contributed by atoms with Gasteiger partial charge in [-0.1, -0.05) is 54.6 Å². The molecule has 3 rings (SSSR count). The van der Waals surface area contributed by atoms with E-state index in [0.717, 1.165) is 68.8 Å². The first-order valence-electron chi connectivity index (χ1n) is 12.2. The number of rotatable bonds is 13. The van der Waals surface area contributed by atoms with Gasteiger partial charge in [0, 0.05) is 70.4 Å². The zero-order valence-electron chi connectivity index (χ0n) is 20.2. The summed E-state index contributed by atoms with van der Waals surface area (Å²) in [6, 6.07) is 18.1. The van der Waals surface area contributed by atoms with Gasteiger partial charge in [0.05, 0.1) is 6.61 Å². The van der Waals surface area contributed by atoms with Crippen LogP contribution in [0.3, 0.4) is 0 Å². The van der Waals surface area contributed by atoms with Crippen LogP contribution in [0.1, 0.15) is 31.2 Å². The Hall–Kier alpha value is -2.80. The summed E-state index contributed by atoms with van der Waals surface area (Å²) in [6.45, 7) is 8.46. The lowest BCUT2D eigenvalue weighted by Crippen LogP contribution is -2.48. The van der Waals surface area contributed by atoms with Crippen LogP contribution in [0.5, 0.6) is 0 Å². The fraction of sp³-hybridized carbons (Fsp3) is 0.429. The van der Waals surface area contributed by atoms with Crippen LogP contribution in [-0.2, 0) is 9.59 Å². The Balaban J connectivity index is 1.55. The highest BCUT2D eigenvalue weighted by Gasteiger charge is 2.20. The standard InChI is InChI=1S/C28H37N3O3/c1-23(22-29-12-13-30-14-16-31(17-15-30)18-20-33)28(34)21-25(11-19-32)27-10-6-5-9-26(27)24-7-3-2-4-8-24/h2-10,19,22,25,29,33H,11-18,20-21H2,1H3/b23-22+. The van der Waals surface area contributed by atoms with E-state index in [0.29, 0.717) is 18.4 Å². The SMILES string of the molecule is C/C(=C\NCCN1CCN(CCO)CC1)C(=O)CC(CC=O)c1ccccc1-c1ccccc1. The van der Waals surface area contributed by atoms with Gasteiger partial charge in [-0.05, 0) is 29.5 Å². The molecule has 182 valence electrons. The molecule has 1 atom stereocenters. The largest absolute Gasteiger partial charge is 0.395 e. The van der Waals surface area contributed by atoms with Gasteiger partial charge in [-0.15, -0.1) is 0 Å². The second-order valence-electron chi connectivity index (χ2n) is 8.87. The molecule has 2 aromatic rings. The van der Waals surface area contributed by atoms with Crippen LogP contribution in [0.25, 0.3) is 11.1 Å². The maximum atomic E-state index is 13.0. The number of aliphatic hydroxyl groups excluding tert-OH is 1. The number of carbonyl (C=O) groups excluding carboxylic acids is 2. The Morgan fingerprint density at radius 1 is 1.00 bits per heavy atom. The van der Waals surface area contributed by atoms with Gasteiger partial charge in [0.1, 0.15) is 6.29 Å². The van der Waals surface area contributed by atoms with Crippen molar-refractivity contribution in [3.63, 3.8) is 0 Å². The quantitative estimate of drug-likeness (QED) is 0.270. The third-order valence-electron chi connectivity index (χ3n) is 6.51. The summed E-state index contributed by atoms with van der Waals surface area (Å²) in [5, 5.41) is 12.3. The number of aliphatic hydroxyl groups is 1. The maximum absolute atomic E-state index is 13.0. The molecule has 1 saturated heterocycles. The third kappa shape index (κ3) is 7.62. The Labute approximate surface area is 203 Å². The van der Waals surface area contributed by atoms with Crippen molar-refractivity contribution in [3.05, 3.63) is 71.9 Å². The fourth-order valence-corrected chi connectivity index (χ4v) is 4.46. The van der Waals surface area contributed by atoms with Crippen molar-refractivity contribution in [2.45, 2.75) is 25.7 Å². The minimum atomic E-state index is -0.153. The van der Waals surface area contributed by atoms with Crippen LogP contribution in [0.2, 0.25) is 0 Å². The summed E-state index contributed by atoms with van der Waals surface area (Å²) in [5.74, 6) is -0.0974. The second kappa shape index (κ2) is 13.8. The van der Waals surface area contributed by atoms with Gasteiger partial charge < -0.3 is 15.2 Å². The molecule has 1 fully saturated rings. The average molecular weight is 464 g/mol. The molecule has 34 heavy (non-hydrogen) atoms. The van der Waals surface area contributed by atoms with E-state index in [-0.39, 0.29) is 18.3 Å². The number of hydrogen-bond donors (Lipinski definition) is 2. The number of hydrogen-bond acceptors (Lipinski definition) is 6. The topological polar surface area (TPSA) is 72.9 Å². The summed E-state index contributed by atoms with van der Waals surface area (Å²) < 4.78 is 0. The first-order chi connectivity index (χ1) is 16.6. The Kier molecular flexibility index (Phi) is 10.5. The van der Waals surface area contributed by atoms with Crippen LogP contribution in [-0.4, -0.2) is 79.4 Å². The number of ketones is 1. The Morgan fingerprint density at radius 2 is 1.65 bits per heavy atom. The lowest BCUT2D eigenvalue weighted by molar-refractivity contribution is -0.116. The van der Waals surface area contributed by atoms with Crippen LogP contribution in [0.15, 0.2) is 66.4 Å². The summed E-state index contributed by atoms with van der Waals surface area (Å²) in [4.78, 5) is 29.1. The molecule has 2 aromatic carbocycles. The summed E-state index contributed by atoms with van der Waals surface area (Å²) in [5.41, 5.74) is 3.88. The molecule has 6 heteroatoms. The molecular formula is C28H37N3O3. The molecule has 1 aliphatic heterocycles. The Bertz CT molecular complexity index is 937. The van der Waals surface area contributed by atoms with Gasteiger partial charge >= 0.3 is 0 Å². The van der Waals surface area contributed by atoms with Crippen molar-refractivity contribution in [1.82, 2.24) is 15.1 Å². The van der Waals surface area contributed by atoms with E-state index in [9.17, 15) is 9.59 Å². The molecule has 0 aromatic heterocycles. The van der Waals surface area contributed by atoms with E-state index in [1.54, 1.807) is 0 Å². The van der Waals surface area contributed by atoms with E-state index >= 15 is 0 Å². The molecule has 1 heterocycles. The molecule has 2 N–H and O–H groups in total. The molecule has 1 aliphatic rings. The van der Waals surface area contributed by atoms with Gasteiger partial charge in [-0.2, -0.15) is 0 Å². The minimum Gasteiger partial charge on any atom is -0.395 e. The van der Waals surface area contributed by atoms with E-state index < -0.39 is 0 Å². The number of Topliss-reactive ketones (excluding diaryl/α,β-unsaturated/α-hetero) is 1. The number of nitrogens with zero attached hydrogens (tertiary/aromatic N) is 2. The smallest absolute Gasteiger partial charge is 0.160 e. The predicted molar refractivity (Wildman–Crippen MR) is 137 cm³/mol. The van der Waals surface area contributed by atoms with Crippen molar-refractivity contribution in [2.75, 3.05) is 52.4 Å². The average Bonchev–Trinajstić information content (AvgIpc) is 2.88. The number of nitrogens with one attached hydrogen (secondary N) is 1. The molecule has 0 amide bonds. The predicted octanol–water partition coefficient (Wildman–Crippen LogP) is 3.09. The zero-order chi connectivity index (χ0) is 24.2. The lowest BCUT2D eigenvalue weighted by Gasteiger charge is -2.34. The molecule has 0 radical (unpaired) electrons. The van der Waals surface area contributed by atoms with Crippen LogP contribution < -0.4 is 5.32 Å². The summed E-state index contributed by atoms with van der Waals surface area (Å²) in [7, 11) is 0. The molecule has 0 bridgehead atoms. The van der Waals surface area contributed by atoms with Gasteiger partial charge in [0.25, 0.3) is 0 Å². The van der Waals surface area contributed by atoms with Crippen molar-refractivity contribution in [1.29, 1.82) is 0 Å². The Morgan fingerprint density at radius 3 is 2.32 bits per heavy atom. The third-order valence-corrected chi connectivity index (χ3v) is 6.51. The van der Waals surface area contributed by atoms with E-state index in [1.807, 2.05) is 49.5 Å². The molecule has 0 spiro atoms. The molecule has 0 aliphatic carbocycles. The zero-order valence-corrected chi connectivity index (χ0v) is 20.2. The van der Waals surface area contributed by atoms with Gasteiger partial charge in [0.2, 0.25) is 0 Å². The summed E-state index contributed by atoms with van der Waals surface area (Å²) >= 11 is 0. The molecule has 0 saturated carbocycles. The number of β-amino-alcohol motifs (C(OH)–C–C–N with tert-alkyl or cyclic N) is 1. The molecule has 6 nitrogen and oxygen atoms in total. The van der Waals surface area contributed by atoms with Gasteiger partial charge in [0.15, 0.2) is 5.78 Å². The number of benzene rings is 2. The maximum Gasteiger partial charge on any atom is 0.160 e. The number of aldehydes is 1. The van der Waals surface area contributed by atoms with E-state index in [4.69, 9.17) is 5.11 Å². The fourth-order valence-electron chi connectivity index (χ4n) is 4.46. The van der Waals surface area contributed by atoms with Crippen LogP contribution in [0, 0.1) is 0 Å². The number of piperazine rings is 1. The van der Waals surface area contributed by atoms with Crippen LogP contribution >= 0.6 is 0 Å². The first kappa shape index (κ1) is 25.8. The minimum absolute atomic E-state index is 0.0554. The van der Waals surface area contributed by atoms with Crippen molar-refractivity contribution in [2.24, 2.45) is 0 Å². The summed E-state index contributed by atoms with van der Waals surface area (Å²) in [6.07, 6.45) is 3.35. The van der Waals surface area contributed by atoms with Crippen molar-refractivity contribution < 1.29 is 14.7 Å². The highest BCUT2D eigenvalue weighted by molar-refractivity contribution is 5.95. The molecule has 1 unspecified atom stereocenters. The van der Waals surface area contributed by atoms with Crippen molar-refractivity contribution in [3.8, 4) is 11.1 Å². The van der Waals surface area contributed by atoms with E-state index in [1.165, 1.54) is 0 Å². The lowest BCUT2D eigenvalue weighted by atomic mass is 9.85. The van der Waals surface area contributed by atoms with E-state index in [2.05, 4.69) is 33.3 Å². The van der Waals surface area contributed by atoms with Crippen molar-refractivity contribution >= 4 is 12.1 Å². The first-order valence-corrected chi connectivity index (χ1v) is 12.2. The highest BCUT2D eigenvalue weighted by Crippen LogP contribution is 2.33. The monoisotopic (exact) mass is 463 g/mol. The normalized spacial score (nSPS) is 16.2. The van der Waals surface area contributed by atoms with Gasteiger partial charge in [-0.3, -0.25) is 14.6 Å². The van der Waals surface area contributed by atoms with Gasteiger partial charge in [-0.25, -0.2) is 0 Å². The highest BCUT2D eigenvalue weighted by atomic mass is 16.3. The molecular weight excluding hydrogens is 426 g/mol. The van der Waals surface area contributed by atoms with Crippen LogP contribution in [0.4, 0.5) is 0 Å². The second-order valence-corrected chi connectivity index (χ2v) is 8.87. The number of allylic oxidation sites excluding steroid dienone is 1.